The quantitative estimate of drug-likeness (QED) is 0.509. The first-order valence-corrected chi connectivity index (χ1v) is 8.24. The molecule has 1 aromatic heterocycles. The Balaban J connectivity index is 1.45. The first-order chi connectivity index (χ1) is 11.2. The number of thioether (sulfide) groups is 1. The highest BCUT2D eigenvalue weighted by Gasteiger charge is 2.04. The Morgan fingerprint density at radius 1 is 1.22 bits per heavy atom. The number of imidazole rings is 1. The SMILES string of the molecule is O=C(O)c1cccc(OCCCSc2nc3ccccc3[nH]2)c1. The van der Waals surface area contributed by atoms with Gasteiger partial charge in [-0.05, 0) is 36.8 Å². The van der Waals surface area contributed by atoms with Gasteiger partial charge >= 0.3 is 5.97 Å². The van der Waals surface area contributed by atoms with E-state index in [1.165, 1.54) is 6.07 Å². The molecule has 3 aromatic rings. The standard InChI is InChI=1S/C17H16N2O3S/c20-16(21)12-5-3-6-13(11-12)22-9-4-10-23-17-18-14-7-1-2-8-15(14)19-17/h1-3,5-8,11H,4,9-10H2,(H,18,19)(H,20,21). The Kier molecular flexibility index (Phi) is 4.83. The zero-order chi connectivity index (χ0) is 16.1. The average molecular weight is 328 g/mol. The number of rotatable bonds is 7. The van der Waals surface area contributed by atoms with E-state index in [0.29, 0.717) is 12.4 Å². The van der Waals surface area contributed by atoms with Crippen LogP contribution in [-0.4, -0.2) is 33.4 Å². The minimum atomic E-state index is -0.948. The third-order valence-corrected chi connectivity index (χ3v) is 4.20. The first-order valence-electron chi connectivity index (χ1n) is 7.26. The number of H-pyrrole nitrogens is 1. The predicted molar refractivity (Wildman–Crippen MR) is 90.3 cm³/mol. The van der Waals surface area contributed by atoms with Gasteiger partial charge in [0.25, 0.3) is 0 Å². The minimum absolute atomic E-state index is 0.235. The number of fused-ring (bicyclic) bond motifs is 1. The molecule has 0 aliphatic carbocycles. The summed E-state index contributed by atoms with van der Waals surface area (Å²) >= 11 is 1.65. The van der Waals surface area contributed by atoms with Crippen LogP contribution in [0, 0.1) is 0 Å². The summed E-state index contributed by atoms with van der Waals surface area (Å²) in [4.78, 5) is 18.7. The smallest absolute Gasteiger partial charge is 0.335 e. The number of aromatic amines is 1. The highest BCUT2D eigenvalue weighted by Crippen LogP contribution is 2.20. The number of nitrogens with one attached hydrogen (secondary N) is 1. The second-order valence-electron chi connectivity index (χ2n) is 4.94. The van der Waals surface area contributed by atoms with Gasteiger partial charge in [0.15, 0.2) is 5.16 Å². The molecule has 2 N–H and O–H groups in total. The van der Waals surface area contributed by atoms with Gasteiger partial charge in [-0.25, -0.2) is 9.78 Å². The van der Waals surface area contributed by atoms with Gasteiger partial charge in [-0.3, -0.25) is 0 Å². The van der Waals surface area contributed by atoms with E-state index in [0.717, 1.165) is 28.4 Å². The second-order valence-corrected chi connectivity index (χ2v) is 6.03. The summed E-state index contributed by atoms with van der Waals surface area (Å²) in [5.74, 6) is 0.507. The van der Waals surface area contributed by atoms with E-state index < -0.39 is 5.97 Å². The predicted octanol–water partition coefficient (Wildman–Crippen LogP) is 3.82. The van der Waals surface area contributed by atoms with Gasteiger partial charge in [-0.2, -0.15) is 0 Å². The van der Waals surface area contributed by atoms with Crippen LogP contribution in [0.2, 0.25) is 0 Å². The molecule has 0 saturated heterocycles. The highest BCUT2D eigenvalue weighted by molar-refractivity contribution is 7.99. The number of aromatic carboxylic acids is 1. The Labute approximate surface area is 137 Å². The maximum atomic E-state index is 10.9. The summed E-state index contributed by atoms with van der Waals surface area (Å²) in [6.07, 6.45) is 0.846. The number of nitrogens with zero attached hydrogens (tertiary/aromatic N) is 1. The molecule has 118 valence electrons. The number of hydrogen-bond donors (Lipinski definition) is 2. The molecule has 0 aliphatic rings. The lowest BCUT2D eigenvalue weighted by molar-refractivity contribution is 0.0696. The van der Waals surface area contributed by atoms with Crippen LogP contribution in [0.25, 0.3) is 11.0 Å². The summed E-state index contributed by atoms with van der Waals surface area (Å²) in [5, 5.41) is 9.84. The number of para-hydroxylation sites is 2. The largest absolute Gasteiger partial charge is 0.494 e. The van der Waals surface area contributed by atoms with E-state index in [4.69, 9.17) is 9.84 Å². The lowest BCUT2D eigenvalue weighted by atomic mass is 10.2. The van der Waals surface area contributed by atoms with E-state index in [2.05, 4.69) is 9.97 Å². The van der Waals surface area contributed by atoms with Gasteiger partial charge in [-0.15, -0.1) is 0 Å². The van der Waals surface area contributed by atoms with E-state index in [1.54, 1.807) is 30.0 Å². The van der Waals surface area contributed by atoms with Crippen LogP contribution < -0.4 is 4.74 Å². The fraction of sp³-hybridized carbons (Fsp3) is 0.176. The highest BCUT2D eigenvalue weighted by atomic mass is 32.2. The Hall–Kier alpha value is -2.47. The van der Waals surface area contributed by atoms with Gasteiger partial charge in [-0.1, -0.05) is 30.0 Å². The lowest BCUT2D eigenvalue weighted by Gasteiger charge is -2.06. The first kappa shape index (κ1) is 15.4. The van der Waals surface area contributed by atoms with Crippen molar-refractivity contribution in [2.45, 2.75) is 11.6 Å². The molecule has 0 unspecified atom stereocenters. The van der Waals surface area contributed by atoms with Crippen LogP contribution in [0.1, 0.15) is 16.8 Å². The van der Waals surface area contributed by atoms with Crippen molar-refractivity contribution in [2.24, 2.45) is 0 Å². The minimum Gasteiger partial charge on any atom is -0.494 e. The molecule has 0 spiro atoms. The number of carbonyl (C=O) groups is 1. The topological polar surface area (TPSA) is 75.2 Å². The summed E-state index contributed by atoms with van der Waals surface area (Å²) in [7, 11) is 0. The van der Waals surface area contributed by atoms with E-state index in [-0.39, 0.29) is 5.56 Å². The van der Waals surface area contributed by atoms with Crippen molar-refractivity contribution in [3.05, 3.63) is 54.1 Å². The maximum Gasteiger partial charge on any atom is 0.335 e. The van der Waals surface area contributed by atoms with Crippen molar-refractivity contribution < 1.29 is 14.6 Å². The zero-order valence-corrected chi connectivity index (χ0v) is 13.2. The summed E-state index contributed by atoms with van der Waals surface area (Å²) in [5.41, 5.74) is 2.24. The molecule has 0 amide bonds. The van der Waals surface area contributed by atoms with Crippen LogP contribution in [0.15, 0.2) is 53.7 Å². The van der Waals surface area contributed by atoms with Crippen molar-refractivity contribution in [1.82, 2.24) is 9.97 Å². The normalized spacial score (nSPS) is 10.8. The lowest BCUT2D eigenvalue weighted by Crippen LogP contribution is -2.01. The number of carboxylic acid groups (broad SMARTS) is 1. The van der Waals surface area contributed by atoms with Crippen LogP contribution in [0.3, 0.4) is 0 Å². The van der Waals surface area contributed by atoms with Crippen molar-refractivity contribution in [2.75, 3.05) is 12.4 Å². The third kappa shape index (κ3) is 4.04. The number of carboxylic acids is 1. The van der Waals surface area contributed by atoms with E-state index in [1.807, 2.05) is 24.3 Å². The Morgan fingerprint density at radius 3 is 2.91 bits per heavy atom. The molecule has 2 aromatic carbocycles. The Morgan fingerprint density at radius 2 is 2.09 bits per heavy atom. The van der Waals surface area contributed by atoms with Crippen molar-refractivity contribution in [3.8, 4) is 5.75 Å². The van der Waals surface area contributed by atoms with Gasteiger partial charge < -0.3 is 14.8 Å². The monoisotopic (exact) mass is 328 g/mol. The molecule has 6 heteroatoms. The van der Waals surface area contributed by atoms with E-state index >= 15 is 0 Å². The van der Waals surface area contributed by atoms with Crippen LogP contribution >= 0.6 is 11.8 Å². The summed E-state index contributed by atoms with van der Waals surface area (Å²) in [6.45, 7) is 0.538. The maximum absolute atomic E-state index is 10.9. The molecule has 0 aliphatic heterocycles. The molecule has 5 nitrogen and oxygen atoms in total. The van der Waals surface area contributed by atoms with E-state index in [9.17, 15) is 4.79 Å². The number of hydrogen-bond acceptors (Lipinski definition) is 4. The van der Waals surface area contributed by atoms with Gasteiger partial charge in [0, 0.05) is 5.75 Å². The molecule has 1 heterocycles. The molecule has 0 atom stereocenters. The fourth-order valence-corrected chi connectivity index (χ4v) is 2.94. The van der Waals surface area contributed by atoms with Crippen LogP contribution in [0.4, 0.5) is 0 Å². The average Bonchev–Trinajstić information content (AvgIpc) is 2.97. The molecule has 0 saturated carbocycles. The van der Waals surface area contributed by atoms with Gasteiger partial charge in [0.2, 0.25) is 0 Å². The molecule has 0 bridgehead atoms. The molecular weight excluding hydrogens is 312 g/mol. The molecule has 0 radical (unpaired) electrons. The van der Waals surface area contributed by atoms with Crippen LogP contribution in [0.5, 0.6) is 5.75 Å². The molecular formula is C17H16N2O3S. The molecule has 0 fully saturated rings. The molecule has 3 rings (SSSR count). The van der Waals surface area contributed by atoms with Gasteiger partial charge in [0.05, 0.1) is 23.2 Å². The van der Waals surface area contributed by atoms with Crippen molar-refractivity contribution >= 4 is 28.8 Å². The summed E-state index contributed by atoms with van der Waals surface area (Å²) in [6, 6.07) is 14.5. The van der Waals surface area contributed by atoms with Crippen molar-refractivity contribution in [3.63, 3.8) is 0 Å². The zero-order valence-electron chi connectivity index (χ0n) is 12.4. The molecule has 23 heavy (non-hydrogen) atoms. The number of ether oxygens (including phenoxy) is 1. The van der Waals surface area contributed by atoms with Gasteiger partial charge in [0.1, 0.15) is 5.75 Å². The fourth-order valence-electron chi connectivity index (χ4n) is 2.13. The number of aromatic nitrogens is 2. The Bertz CT molecular complexity index is 783. The summed E-state index contributed by atoms with van der Waals surface area (Å²) < 4.78 is 5.59. The second kappa shape index (κ2) is 7.19. The van der Waals surface area contributed by atoms with Crippen molar-refractivity contribution in [1.29, 1.82) is 0 Å². The van der Waals surface area contributed by atoms with Crippen LogP contribution in [-0.2, 0) is 0 Å². The third-order valence-electron chi connectivity index (χ3n) is 3.24. The number of benzene rings is 2.